The Morgan fingerprint density at radius 3 is 2.57 bits per heavy atom. The van der Waals surface area contributed by atoms with Crippen molar-refractivity contribution < 1.29 is 9.90 Å². The first-order valence-corrected chi connectivity index (χ1v) is 7.40. The molecular formula is C16H13BrN2O2. The number of rotatable bonds is 3. The summed E-state index contributed by atoms with van der Waals surface area (Å²) in [5.74, 6) is -0.0200. The van der Waals surface area contributed by atoms with Crippen LogP contribution in [0.4, 0.5) is 0 Å². The maximum Gasteiger partial charge on any atom is 0.335 e. The normalized spacial score (nSPS) is 11.0. The molecule has 1 aromatic heterocycles. The van der Waals surface area contributed by atoms with Gasteiger partial charge in [0.15, 0.2) is 0 Å². The van der Waals surface area contributed by atoms with Gasteiger partial charge >= 0.3 is 5.97 Å². The molecule has 0 bridgehead atoms. The van der Waals surface area contributed by atoms with E-state index in [4.69, 9.17) is 0 Å². The van der Waals surface area contributed by atoms with Gasteiger partial charge in [-0.3, -0.25) is 4.57 Å². The predicted molar refractivity (Wildman–Crippen MR) is 85.1 cm³/mol. The number of nitrogens with zero attached hydrogens (tertiary/aromatic N) is 2. The summed E-state index contributed by atoms with van der Waals surface area (Å²) in [6, 6.07) is 12.9. The SMILES string of the molecule is CCc1nc2ccc(C(=O)O)cc2n1-c1ccc(Br)cc1. The summed E-state index contributed by atoms with van der Waals surface area (Å²) in [6.07, 6.45) is 0.771. The molecule has 3 rings (SSSR count). The van der Waals surface area contributed by atoms with Crippen LogP contribution in [0.1, 0.15) is 23.1 Å². The Kier molecular flexibility index (Phi) is 3.51. The predicted octanol–water partition coefficient (Wildman–Crippen LogP) is 4.05. The fourth-order valence-electron chi connectivity index (χ4n) is 2.37. The molecule has 0 aliphatic rings. The Bertz CT molecular complexity index is 822. The summed E-state index contributed by atoms with van der Waals surface area (Å²) >= 11 is 3.42. The van der Waals surface area contributed by atoms with Crippen LogP contribution in [0.3, 0.4) is 0 Å². The molecule has 106 valence electrons. The molecule has 0 radical (unpaired) electrons. The van der Waals surface area contributed by atoms with E-state index in [1.54, 1.807) is 18.2 Å². The highest BCUT2D eigenvalue weighted by Crippen LogP contribution is 2.24. The van der Waals surface area contributed by atoms with Gasteiger partial charge in [-0.05, 0) is 42.5 Å². The molecule has 0 spiro atoms. The molecule has 1 heterocycles. The lowest BCUT2D eigenvalue weighted by molar-refractivity contribution is 0.0697. The van der Waals surface area contributed by atoms with E-state index in [0.717, 1.165) is 33.4 Å². The minimum Gasteiger partial charge on any atom is -0.478 e. The number of carboxylic acids is 1. The molecule has 0 unspecified atom stereocenters. The quantitative estimate of drug-likeness (QED) is 0.779. The van der Waals surface area contributed by atoms with Crippen molar-refractivity contribution in [2.24, 2.45) is 0 Å². The number of hydrogen-bond acceptors (Lipinski definition) is 2. The summed E-state index contributed by atoms with van der Waals surface area (Å²) in [7, 11) is 0. The lowest BCUT2D eigenvalue weighted by atomic mass is 10.2. The van der Waals surface area contributed by atoms with E-state index < -0.39 is 5.97 Å². The van der Waals surface area contributed by atoms with Crippen molar-refractivity contribution in [1.29, 1.82) is 0 Å². The Balaban J connectivity index is 2.29. The van der Waals surface area contributed by atoms with Crippen molar-refractivity contribution in [2.75, 3.05) is 0 Å². The van der Waals surface area contributed by atoms with Crippen molar-refractivity contribution in [3.8, 4) is 5.69 Å². The number of hydrogen-bond donors (Lipinski definition) is 1. The summed E-state index contributed by atoms with van der Waals surface area (Å²) in [5, 5.41) is 9.17. The van der Waals surface area contributed by atoms with Crippen LogP contribution < -0.4 is 0 Å². The summed E-state index contributed by atoms with van der Waals surface area (Å²) in [5.41, 5.74) is 2.86. The van der Waals surface area contributed by atoms with E-state index in [1.807, 2.05) is 35.8 Å². The van der Waals surface area contributed by atoms with Crippen LogP contribution in [-0.4, -0.2) is 20.6 Å². The number of carbonyl (C=O) groups is 1. The average molecular weight is 345 g/mol. The summed E-state index contributed by atoms with van der Waals surface area (Å²) < 4.78 is 3.01. The van der Waals surface area contributed by atoms with Crippen LogP contribution in [-0.2, 0) is 6.42 Å². The first-order chi connectivity index (χ1) is 10.1. The Morgan fingerprint density at radius 2 is 1.95 bits per heavy atom. The molecule has 0 amide bonds. The number of aromatic nitrogens is 2. The van der Waals surface area contributed by atoms with Crippen molar-refractivity contribution in [2.45, 2.75) is 13.3 Å². The van der Waals surface area contributed by atoms with Gasteiger partial charge in [0.2, 0.25) is 0 Å². The van der Waals surface area contributed by atoms with E-state index in [2.05, 4.69) is 20.9 Å². The Hall–Kier alpha value is -2.14. The third-order valence-corrected chi connectivity index (χ3v) is 3.90. The molecule has 0 fully saturated rings. The van der Waals surface area contributed by atoms with Crippen LogP contribution in [0.15, 0.2) is 46.9 Å². The molecule has 0 aliphatic carbocycles. The first-order valence-electron chi connectivity index (χ1n) is 6.60. The zero-order chi connectivity index (χ0) is 15.0. The van der Waals surface area contributed by atoms with Gasteiger partial charge in [-0.25, -0.2) is 9.78 Å². The number of halogens is 1. The Labute approximate surface area is 130 Å². The zero-order valence-corrected chi connectivity index (χ0v) is 13.0. The first kappa shape index (κ1) is 13.8. The second-order valence-corrected chi connectivity index (χ2v) is 5.62. The van der Waals surface area contributed by atoms with E-state index in [-0.39, 0.29) is 5.56 Å². The lowest BCUT2D eigenvalue weighted by Gasteiger charge is -2.08. The van der Waals surface area contributed by atoms with Crippen molar-refractivity contribution in [1.82, 2.24) is 9.55 Å². The maximum absolute atomic E-state index is 11.2. The number of fused-ring (bicyclic) bond motifs is 1. The standard InChI is InChI=1S/C16H13BrN2O2/c1-2-15-18-13-8-3-10(16(20)21)9-14(13)19(15)12-6-4-11(17)5-7-12/h3-9H,2H2,1H3,(H,20,21). The lowest BCUT2D eigenvalue weighted by Crippen LogP contribution is -2.01. The minimum absolute atomic E-state index is 0.267. The second kappa shape index (κ2) is 5.33. The molecule has 0 atom stereocenters. The second-order valence-electron chi connectivity index (χ2n) is 4.70. The highest BCUT2D eigenvalue weighted by Gasteiger charge is 2.13. The zero-order valence-electron chi connectivity index (χ0n) is 11.4. The van der Waals surface area contributed by atoms with Crippen LogP contribution in [0.25, 0.3) is 16.7 Å². The number of benzene rings is 2. The van der Waals surface area contributed by atoms with Crippen molar-refractivity contribution >= 4 is 32.9 Å². The molecule has 4 nitrogen and oxygen atoms in total. The van der Waals surface area contributed by atoms with Crippen molar-refractivity contribution in [3.63, 3.8) is 0 Å². The minimum atomic E-state index is -0.932. The van der Waals surface area contributed by atoms with Gasteiger partial charge < -0.3 is 5.11 Å². The maximum atomic E-state index is 11.2. The van der Waals surface area contributed by atoms with Crippen LogP contribution in [0.5, 0.6) is 0 Å². The van der Waals surface area contributed by atoms with E-state index >= 15 is 0 Å². The van der Waals surface area contributed by atoms with Crippen molar-refractivity contribution in [3.05, 3.63) is 58.3 Å². The van der Waals surface area contributed by atoms with Gasteiger partial charge in [-0.2, -0.15) is 0 Å². The molecule has 0 saturated heterocycles. The fourth-order valence-corrected chi connectivity index (χ4v) is 2.64. The third kappa shape index (κ3) is 2.45. The molecule has 0 saturated carbocycles. The summed E-state index contributed by atoms with van der Waals surface area (Å²) in [4.78, 5) is 15.8. The van der Waals surface area contributed by atoms with Gasteiger partial charge in [0.05, 0.1) is 16.6 Å². The van der Waals surface area contributed by atoms with Gasteiger partial charge in [0, 0.05) is 16.6 Å². The number of carboxylic acid groups (broad SMARTS) is 1. The van der Waals surface area contributed by atoms with Crippen LogP contribution in [0.2, 0.25) is 0 Å². The average Bonchev–Trinajstić information content (AvgIpc) is 2.85. The molecule has 5 heteroatoms. The summed E-state index contributed by atoms with van der Waals surface area (Å²) in [6.45, 7) is 2.04. The Morgan fingerprint density at radius 1 is 1.24 bits per heavy atom. The molecule has 0 aliphatic heterocycles. The monoisotopic (exact) mass is 344 g/mol. The van der Waals surface area contributed by atoms with Gasteiger partial charge in [-0.1, -0.05) is 22.9 Å². The van der Waals surface area contributed by atoms with Gasteiger partial charge in [0.1, 0.15) is 5.82 Å². The van der Waals surface area contributed by atoms with Crippen LogP contribution >= 0.6 is 15.9 Å². The van der Waals surface area contributed by atoms with E-state index in [1.165, 1.54) is 0 Å². The largest absolute Gasteiger partial charge is 0.478 e. The van der Waals surface area contributed by atoms with Crippen LogP contribution in [0, 0.1) is 0 Å². The molecule has 1 N–H and O–H groups in total. The van der Waals surface area contributed by atoms with Gasteiger partial charge in [-0.15, -0.1) is 0 Å². The topological polar surface area (TPSA) is 55.1 Å². The highest BCUT2D eigenvalue weighted by atomic mass is 79.9. The van der Waals surface area contributed by atoms with Gasteiger partial charge in [0.25, 0.3) is 0 Å². The molecular weight excluding hydrogens is 332 g/mol. The highest BCUT2D eigenvalue weighted by molar-refractivity contribution is 9.10. The fraction of sp³-hybridized carbons (Fsp3) is 0.125. The van der Waals surface area contributed by atoms with E-state index in [0.29, 0.717) is 0 Å². The number of aryl methyl sites for hydroxylation is 1. The number of imidazole rings is 1. The molecule has 3 aromatic rings. The molecule has 2 aromatic carbocycles. The molecule has 21 heavy (non-hydrogen) atoms. The smallest absolute Gasteiger partial charge is 0.335 e. The number of aromatic carboxylic acids is 1. The van der Waals surface area contributed by atoms with E-state index in [9.17, 15) is 9.90 Å². The third-order valence-electron chi connectivity index (χ3n) is 3.37.